The second-order valence-electron chi connectivity index (χ2n) is 4.17. The van der Waals surface area contributed by atoms with Crippen LogP contribution in [0.5, 0.6) is 0 Å². The minimum Gasteiger partial charge on any atom is -0.307 e. The third-order valence-electron chi connectivity index (χ3n) is 2.64. The van der Waals surface area contributed by atoms with Crippen LogP contribution in [0.2, 0.25) is 5.02 Å². The summed E-state index contributed by atoms with van der Waals surface area (Å²) in [4.78, 5) is 22.4. The van der Waals surface area contributed by atoms with E-state index in [1.54, 1.807) is 20.0 Å². The molecule has 0 bridgehead atoms. The van der Waals surface area contributed by atoms with Crippen molar-refractivity contribution in [3.63, 3.8) is 0 Å². The number of benzene rings is 1. The lowest BCUT2D eigenvalue weighted by Gasteiger charge is -2.06. The van der Waals surface area contributed by atoms with Gasteiger partial charge in [0.25, 0.3) is 11.6 Å². The molecule has 104 valence electrons. The average molecular weight is 295 g/mol. The molecule has 2 rings (SSSR count). The van der Waals surface area contributed by atoms with Crippen LogP contribution in [-0.4, -0.2) is 20.6 Å². The Morgan fingerprint density at radius 1 is 1.45 bits per heavy atom. The highest BCUT2D eigenvalue weighted by Gasteiger charge is 2.21. The highest BCUT2D eigenvalue weighted by atomic mass is 35.5. The van der Waals surface area contributed by atoms with Crippen LogP contribution in [0.25, 0.3) is 0 Å². The number of aryl methyl sites for hydroxylation is 2. The van der Waals surface area contributed by atoms with E-state index in [1.807, 2.05) is 0 Å². The Balaban J connectivity index is 2.34. The van der Waals surface area contributed by atoms with Gasteiger partial charge in [0.2, 0.25) is 0 Å². The number of hydrogen-bond acceptors (Lipinski definition) is 4. The Hall–Kier alpha value is -2.41. The average Bonchev–Trinajstić information content (AvgIpc) is 2.67. The molecular formula is C12H11ClN4O3. The van der Waals surface area contributed by atoms with Crippen LogP contribution in [0.3, 0.4) is 0 Å². The first-order chi connectivity index (χ1) is 9.38. The fourth-order valence-electron chi connectivity index (χ4n) is 1.76. The van der Waals surface area contributed by atoms with Gasteiger partial charge in [-0.1, -0.05) is 11.6 Å². The zero-order chi connectivity index (χ0) is 14.9. The first kappa shape index (κ1) is 14.0. The van der Waals surface area contributed by atoms with Gasteiger partial charge in [-0.15, -0.1) is 0 Å². The minimum absolute atomic E-state index is 0.0572. The summed E-state index contributed by atoms with van der Waals surface area (Å²) in [5, 5.41) is 17.8. The van der Waals surface area contributed by atoms with Crippen LogP contribution in [-0.2, 0) is 7.05 Å². The van der Waals surface area contributed by atoms with Crippen LogP contribution < -0.4 is 5.32 Å². The molecule has 0 aliphatic carbocycles. The van der Waals surface area contributed by atoms with E-state index in [0.29, 0.717) is 5.82 Å². The molecule has 1 N–H and O–H groups in total. The van der Waals surface area contributed by atoms with Crippen molar-refractivity contribution >= 4 is 29.0 Å². The van der Waals surface area contributed by atoms with E-state index in [2.05, 4.69) is 10.4 Å². The molecule has 1 aromatic heterocycles. The number of nitrogens with zero attached hydrogens (tertiary/aromatic N) is 3. The highest BCUT2D eigenvalue weighted by Crippen LogP contribution is 2.24. The number of nitrogens with one attached hydrogen (secondary N) is 1. The minimum atomic E-state index is -0.644. The largest absolute Gasteiger partial charge is 0.307 e. The molecule has 0 radical (unpaired) electrons. The molecule has 1 heterocycles. The van der Waals surface area contributed by atoms with E-state index in [4.69, 9.17) is 11.6 Å². The molecular weight excluding hydrogens is 284 g/mol. The second-order valence-corrected chi connectivity index (χ2v) is 4.60. The molecule has 1 amide bonds. The van der Waals surface area contributed by atoms with Crippen molar-refractivity contribution in [2.24, 2.45) is 7.05 Å². The monoisotopic (exact) mass is 294 g/mol. The summed E-state index contributed by atoms with van der Waals surface area (Å²) in [5.41, 5.74) is 0.334. The number of hydrogen-bond donors (Lipinski definition) is 1. The van der Waals surface area contributed by atoms with Gasteiger partial charge in [-0.3, -0.25) is 19.6 Å². The van der Waals surface area contributed by atoms with Crippen molar-refractivity contribution < 1.29 is 9.72 Å². The van der Waals surface area contributed by atoms with E-state index in [0.717, 1.165) is 11.8 Å². The van der Waals surface area contributed by atoms with E-state index in [-0.39, 0.29) is 16.3 Å². The zero-order valence-electron chi connectivity index (χ0n) is 10.8. The van der Waals surface area contributed by atoms with Crippen LogP contribution in [0.15, 0.2) is 24.3 Å². The fraction of sp³-hybridized carbons (Fsp3) is 0.167. The third-order valence-corrected chi connectivity index (χ3v) is 2.88. The summed E-state index contributed by atoms with van der Waals surface area (Å²) in [7, 11) is 1.67. The molecule has 0 saturated heterocycles. The highest BCUT2D eigenvalue weighted by molar-refractivity contribution is 6.31. The Labute approximate surface area is 119 Å². The standard InChI is InChI=1S/C12H11ClN4O3/c1-7-5-11(16(2)15-7)14-12(18)9-4-3-8(13)6-10(9)17(19)20/h3-6H,1-2H3,(H,14,18). The molecule has 0 unspecified atom stereocenters. The molecule has 0 aliphatic rings. The Morgan fingerprint density at radius 2 is 2.15 bits per heavy atom. The van der Waals surface area contributed by atoms with Crippen molar-refractivity contribution in [1.29, 1.82) is 0 Å². The van der Waals surface area contributed by atoms with Gasteiger partial charge in [0.15, 0.2) is 0 Å². The maximum Gasteiger partial charge on any atom is 0.283 e. The maximum atomic E-state index is 12.1. The second kappa shape index (κ2) is 5.30. The number of nitro benzene ring substituents is 1. The summed E-state index contributed by atoms with van der Waals surface area (Å²) >= 11 is 5.70. The molecule has 0 aliphatic heterocycles. The maximum absolute atomic E-state index is 12.1. The van der Waals surface area contributed by atoms with Gasteiger partial charge in [-0.05, 0) is 19.1 Å². The summed E-state index contributed by atoms with van der Waals surface area (Å²) in [6.07, 6.45) is 0. The summed E-state index contributed by atoms with van der Waals surface area (Å²) < 4.78 is 1.48. The number of anilines is 1. The molecule has 1 aromatic carbocycles. The first-order valence-corrected chi connectivity index (χ1v) is 6.02. The van der Waals surface area contributed by atoms with E-state index in [9.17, 15) is 14.9 Å². The zero-order valence-corrected chi connectivity index (χ0v) is 11.5. The van der Waals surface area contributed by atoms with E-state index in [1.165, 1.54) is 16.8 Å². The SMILES string of the molecule is Cc1cc(NC(=O)c2ccc(Cl)cc2[N+](=O)[O-])n(C)n1. The van der Waals surface area contributed by atoms with Crippen LogP contribution >= 0.6 is 11.6 Å². The predicted octanol–water partition coefficient (Wildman–Crippen LogP) is 2.54. The van der Waals surface area contributed by atoms with Crippen molar-refractivity contribution in [1.82, 2.24) is 9.78 Å². The Morgan fingerprint density at radius 3 is 2.70 bits per heavy atom. The lowest BCUT2D eigenvalue weighted by molar-refractivity contribution is -0.385. The van der Waals surface area contributed by atoms with E-state index < -0.39 is 10.8 Å². The topological polar surface area (TPSA) is 90.1 Å². The van der Waals surface area contributed by atoms with Crippen molar-refractivity contribution in [2.75, 3.05) is 5.32 Å². The lowest BCUT2D eigenvalue weighted by Crippen LogP contribution is -2.16. The number of nitro groups is 1. The number of aromatic nitrogens is 2. The number of carbonyl (C=O) groups is 1. The number of amides is 1. The van der Waals surface area contributed by atoms with Crippen LogP contribution in [0.4, 0.5) is 11.5 Å². The van der Waals surface area contributed by atoms with Gasteiger partial charge >= 0.3 is 0 Å². The van der Waals surface area contributed by atoms with Gasteiger partial charge in [0.1, 0.15) is 11.4 Å². The van der Waals surface area contributed by atoms with E-state index >= 15 is 0 Å². The molecule has 0 fully saturated rings. The van der Waals surface area contributed by atoms with Gasteiger partial charge in [0.05, 0.1) is 10.6 Å². The lowest BCUT2D eigenvalue weighted by atomic mass is 10.1. The van der Waals surface area contributed by atoms with Gasteiger partial charge in [-0.25, -0.2) is 0 Å². The fourth-order valence-corrected chi connectivity index (χ4v) is 1.93. The number of rotatable bonds is 3. The van der Waals surface area contributed by atoms with Crippen LogP contribution in [0, 0.1) is 17.0 Å². The number of carbonyl (C=O) groups excluding carboxylic acids is 1. The summed E-state index contributed by atoms with van der Waals surface area (Å²) in [6.45, 7) is 1.78. The molecule has 0 atom stereocenters. The first-order valence-electron chi connectivity index (χ1n) is 5.64. The summed E-state index contributed by atoms with van der Waals surface area (Å²) in [6, 6.07) is 5.56. The Kier molecular flexibility index (Phi) is 3.71. The predicted molar refractivity (Wildman–Crippen MR) is 74.0 cm³/mol. The number of halogens is 1. The van der Waals surface area contributed by atoms with Crippen molar-refractivity contribution in [2.45, 2.75) is 6.92 Å². The van der Waals surface area contributed by atoms with Crippen LogP contribution in [0.1, 0.15) is 16.1 Å². The van der Waals surface area contributed by atoms with Gasteiger partial charge < -0.3 is 5.32 Å². The molecule has 0 saturated carbocycles. The Bertz CT molecular complexity index is 696. The molecule has 7 nitrogen and oxygen atoms in total. The van der Waals surface area contributed by atoms with Gasteiger partial charge in [-0.2, -0.15) is 5.10 Å². The third kappa shape index (κ3) is 2.77. The van der Waals surface area contributed by atoms with Gasteiger partial charge in [0, 0.05) is 24.2 Å². The van der Waals surface area contributed by atoms with Crippen molar-refractivity contribution in [3.05, 3.63) is 50.7 Å². The molecule has 0 spiro atoms. The quantitative estimate of drug-likeness (QED) is 0.695. The normalized spacial score (nSPS) is 10.3. The molecule has 8 heteroatoms. The smallest absolute Gasteiger partial charge is 0.283 e. The van der Waals surface area contributed by atoms with Crippen molar-refractivity contribution in [3.8, 4) is 0 Å². The molecule has 2 aromatic rings. The molecule has 20 heavy (non-hydrogen) atoms. The summed E-state index contributed by atoms with van der Waals surface area (Å²) in [5.74, 6) is -0.131.